The van der Waals surface area contributed by atoms with Crippen LogP contribution in [0.1, 0.15) is 12.8 Å². The molecule has 114 valence electrons. The van der Waals surface area contributed by atoms with Gasteiger partial charge in [-0.05, 0) is 31.4 Å². The first-order valence-corrected chi connectivity index (χ1v) is 7.51. The number of hydrogen-bond donors (Lipinski definition) is 1. The normalized spacial score (nSPS) is 21.5. The molecule has 0 saturated carbocycles. The van der Waals surface area contributed by atoms with Crippen LogP contribution < -0.4 is 0 Å². The van der Waals surface area contributed by atoms with Crippen LogP contribution in [0.4, 0.5) is 0 Å². The fraction of sp³-hybridized carbons (Fsp3) is 0.643. The zero-order valence-electron chi connectivity index (χ0n) is 12.1. The molecule has 0 amide bonds. The van der Waals surface area contributed by atoms with Crippen LogP contribution in [0, 0.1) is 5.92 Å². The molecule has 1 aliphatic rings. The minimum Gasteiger partial charge on any atom is -0.390 e. The van der Waals surface area contributed by atoms with E-state index < -0.39 is 0 Å². The summed E-state index contributed by atoms with van der Waals surface area (Å²) in [5, 5.41) is 22.2. The smallest absolute Gasteiger partial charge is 0.0862 e. The molecular weight excluding hydrogens is 268 g/mol. The number of β-amino-alcohol motifs (C(OH)–C–C–N with tert-alkyl or cyclic N) is 1. The maximum Gasteiger partial charge on any atom is 0.0862 e. The number of aliphatic hydroxyl groups excluding tert-OH is 1. The molecule has 7 nitrogen and oxygen atoms in total. The summed E-state index contributed by atoms with van der Waals surface area (Å²) >= 11 is 0. The van der Waals surface area contributed by atoms with Crippen molar-refractivity contribution in [1.29, 1.82) is 0 Å². The lowest BCUT2D eigenvalue weighted by Gasteiger charge is -2.33. The van der Waals surface area contributed by atoms with Crippen LogP contribution in [0.15, 0.2) is 30.9 Å². The molecule has 7 heteroatoms. The first-order chi connectivity index (χ1) is 10.3. The van der Waals surface area contributed by atoms with Crippen molar-refractivity contribution in [2.45, 2.75) is 32.0 Å². The molecule has 0 spiro atoms. The Hall–Kier alpha value is -1.73. The molecule has 21 heavy (non-hydrogen) atoms. The van der Waals surface area contributed by atoms with E-state index in [2.05, 4.69) is 20.3 Å². The lowest BCUT2D eigenvalue weighted by molar-refractivity contribution is 0.0681. The van der Waals surface area contributed by atoms with E-state index in [1.165, 1.54) is 12.8 Å². The van der Waals surface area contributed by atoms with Crippen molar-refractivity contribution < 1.29 is 5.11 Å². The Kier molecular flexibility index (Phi) is 4.62. The van der Waals surface area contributed by atoms with Crippen LogP contribution in [-0.2, 0) is 13.1 Å². The van der Waals surface area contributed by atoms with Crippen molar-refractivity contribution in [3.05, 3.63) is 30.9 Å². The predicted octanol–water partition coefficient (Wildman–Crippen LogP) is 0.248. The standard InChI is InChI=1S/C14H22N6O/c21-14(12-19-7-2-4-16-19)11-18-6-1-3-13(9-18)10-20-8-5-15-17-20/h2,4-5,7-8,13-14,21H,1,3,6,9-12H2. The Morgan fingerprint density at radius 1 is 1.19 bits per heavy atom. The third-order valence-electron chi connectivity index (χ3n) is 3.95. The highest BCUT2D eigenvalue weighted by Crippen LogP contribution is 2.18. The summed E-state index contributed by atoms with van der Waals surface area (Å²) in [6, 6.07) is 1.88. The SMILES string of the molecule is OC(CN1CCCC(Cn2ccnn2)C1)Cn1cccn1. The Morgan fingerprint density at radius 2 is 2.14 bits per heavy atom. The van der Waals surface area contributed by atoms with Gasteiger partial charge in [-0.1, -0.05) is 5.21 Å². The predicted molar refractivity (Wildman–Crippen MR) is 77.4 cm³/mol. The van der Waals surface area contributed by atoms with Crippen LogP contribution in [-0.4, -0.2) is 60.5 Å². The maximum absolute atomic E-state index is 10.2. The number of piperidine rings is 1. The quantitative estimate of drug-likeness (QED) is 0.825. The number of nitrogens with zero attached hydrogens (tertiary/aromatic N) is 6. The van der Waals surface area contributed by atoms with E-state index in [0.717, 1.165) is 19.6 Å². The molecule has 1 saturated heterocycles. The van der Waals surface area contributed by atoms with E-state index in [-0.39, 0.29) is 6.10 Å². The minimum atomic E-state index is -0.380. The molecule has 2 aromatic heterocycles. The molecule has 0 aliphatic carbocycles. The Labute approximate surface area is 124 Å². The van der Waals surface area contributed by atoms with Crippen LogP contribution in [0.25, 0.3) is 0 Å². The summed E-state index contributed by atoms with van der Waals surface area (Å²) in [5.74, 6) is 0.581. The summed E-state index contributed by atoms with van der Waals surface area (Å²) in [7, 11) is 0. The van der Waals surface area contributed by atoms with Crippen molar-refractivity contribution in [1.82, 2.24) is 29.7 Å². The lowest BCUT2D eigenvalue weighted by atomic mass is 9.98. The molecule has 0 aromatic carbocycles. The topological polar surface area (TPSA) is 72.0 Å². The minimum absolute atomic E-state index is 0.380. The van der Waals surface area contributed by atoms with Gasteiger partial charge in [0.05, 0.1) is 18.8 Å². The first kappa shape index (κ1) is 14.2. The number of rotatable bonds is 6. The summed E-state index contributed by atoms with van der Waals surface area (Å²) in [6.07, 6.45) is 9.25. The van der Waals surface area contributed by atoms with E-state index >= 15 is 0 Å². The Balaban J connectivity index is 1.46. The summed E-state index contributed by atoms with van der Waals surface area (Å²) in [5.41, 5.74) is 0. The first-order valence-electron chi connectivity index (χ1n) is 7.51. The van der Waals surface area contributed by atoms with E-state index in [1.807, 2.05) is 23.1 Å². The lowest BCUT2D eigenvalue weighted by Crippen LogP contribution is -2.42. The maximum atomic E-state index is 10.2. The highest BCUT2D eigenvalue weighted by Gasteiger charge is 2.22. The number of aliphatic hydroxyl groups is 1. The average molecular weight is 290 g/mol. The molecule has 2 atom stereocenters. The van der Waals surface area contributed by atoms with E-state index in [9.17, 15) is 5.11 Å². The van der Waals surface area contributed by atoms with Gasteiger partial charge in [0.1, 0.15) is 0 Å². The van der Waals surface area contributed by atoms with Gasteiger partial charge in [-0.3, -0.25) is 9.36 Å². The van der Waals surface area contributed by atoms with Gasteiger partial charge in [-0.25, -0.2) is 0 Å². The molecule has 1 N–H and O–H groups in total. The monoisotopic (exact) mass is 290 g/mol. The van der Waals surface area contributed by atoms with Crippen LogP contribution in [0.5, 0.6) is 0 Å². The van der Waals surface area contributed by atoms with Crippen LogP contribution >= 0.6 is 0 Å². The zero-order valence-corrected chi connectivity index (χ0v) is 12.1. The molecule has 2 aromatic rings. The second-order valence-electron chi connectivity index (χ2n) is 5.77. The largest absolute Gasteiger partial charge is 0.390 e. The van der Waals surface area contributed by atoms with Crippen molar-refractivity contribution >= 4 is 0 Å². The van der Waals surface area contributed by atoms with E-state index in [4.69, 9.17) is 0 Å². The Bertz CT molecular complexity index is 510. The molecule has 0 bridgehead atoms. The van der Waals surface area contributed by atoms with Gasteiger partial charge >= 0.3 is 0 Å². The fourth-order valence-corrected chi connectivity index (χ4v) is 3.04. The van der Waals surface area contributed by atoms with Crippen molar-refractivity contribution in [2.75, 3.05) is 19.6 Å². The molecule has 1 fully saturated rings. The van der Waals surface area contributed by atoms with Crippen molar-refractivity contribution in [2.24, 2.45) is 5.92 Å². The Morgan fingerprint density at radius 3 is 2.90 bits per heavy atom. The third kappa shape index (κ3) is 4.12. The molecular formula is C14H22N6O. The molecule has 3 rings (SSSR count). The van der Waals surface area contributed by atoms with E-state index in [1.54, 1.807) is 17.1 Å². The van der Waals surface area contributed by atoms with Gasteiger partial charge < -0.3 is 10.0 Å². The van der Waals surface area contributed by atoms with Gasteiger partial charge in [0.25, 0.3) is 0 Å². The van der Waals surface area contributed by atoms with Crippen molar-refractivity contribution in [3.63, 3.8) is 0 Å². The van der Waals surface area contributed by atoms with Gasteiger partial charge in [0, 0.05) is 38.2 Å². The second-order valence-corrected chi connectivity index (χ2v) is 5.77. The average Bonchev–Trinajstić information content (AvgIpc) is 3.12. The van der Waals surface area contributed by atoms with Gasteiger partial charge in [-0.2, -0.15) is 5.10 Å². The van der Waals surface area contributed by atoms with E-state index in [0.29, 0.717) is 19.0 Å². The third-order valence-corrected chi connectivity index (χ3v) is 3.95. The van der Waals surface area contributed by atoms with Crippen LogP contribution in [0.3, 0.4) is 0 Å². The molecule has 2 unspecified atom stereocenters. The highest BCUT2D eigenvalue weighted by atomic mass is 16.3. The van der Waals surface area contributed by atoms with Crippen LogP contribution in [0.2, 0.25) is 0 Å². The van der Waals surface area contributed by atoms with Gasteiger partial charge in [0.15, 0.2) is 0 Å². The van der Waals surface area contributed by atoms with Crippen molar-refractivity contribution in [3.8, 4) is 0 Å². The summed E-state index contributed by atoms with van der Waals surface area (Å²) in [4.78, 5) is 2.35. The number of aromatic nitrogens is 5. The number of likely N-dealkylation sites (tertiary alicyclic amines) is 1. The summed E-state index contributed by atoms with van der Waals surface area (Å²) in [6.45, 7) is 4.23. The number of hydrogen-bond acceptors (Lipinski definition) is 5. The zero-order chi connectivity index (χ0) is 14.5. The molecule has 0 radical (unpaired) electrons. The van der Waals surface area contributed by atoms with Gasteiger partial charge in [0.2, 0.25) is 0 Å². The second kappa shape index (κ2) is 6.82. The fourth-order valence-electron chi connectivity index (χ4n) is 3.04. The highest BCUT2D eigenvalue weighted by molar-refractivity contribution is 4.80. The van der Waals surface area contributed by atoms with Gasteiger partial charge in [-0.15, -0.1) is 5.10 Å². The molecule has 1 aliphatic heterocycles. The summed E-state index contributed by atoms with van der Waals surface area (Å²) < 4.78 is 3.68. The molecule has 3 heterocycles.